The van der Waals surface area contributed by atoms with Gasteiger partial charge in [-0.1, -0.05) is 71.9 Å². The van der Waals surface area contributed by atoms with E-state index in [2.05, 4.69) is 29.5 Å². The third-order valence-electron chi connectivity index (χ3n) is 3.78. The number of aromatic nitrogens is 3. The van der Waals surface area contributed by atoms with Crippen molar-refractivity contribution in [2.75, 3.05) is 0 Å². The van der Waals surface area contributed by atoms with Crippen LogP contribution in [0.15, 0.2) is 36.5 Å². The van der Waals surface area contributed by atoms with Gasteiger partial charge < -0.3 is 5.32 Å². The summed E-state index contributed by atoms with van der Waals surface area (Å²) < 4.78 is 1.64. The fourth-order valence-corrected chi connectivity index (χ4v) is 2.31. The number of Topliss-reactive ketones (excluding diaryl/α,β-unsaturated/α-hetero) is 1. The van der Waals surface area contributed by atoms with Crippen LogP contribution < -0.4 is 5.32 Å². The van der Waals surface area contributed by atoms with Crippen LogP contribution in [0.2, 0.25) is 0 Å². The summed E-state index contributed by atoms with van der Waals surface area (Å²) in [5.41, 5.74) is 1.59. The van der Waals surface area contributed by atoms with Crippen molar-refractivity contribution in [1.29, 1.82) is 0 Å². The lowest BCUT2D eigenvalue weighted by Gasteiger charge is -2.04. The van der Waals surface area contributed by atoms with Crippen molar-refractivity contribution in [2.45, 2.75) is 74.4 Å². The SMILES string of the molecule is CC.CC(C)Cc1cn(CNC(=O)c2ccccc2)nn1.CCCC(=O)C(C)C. The lowest BCUT2D eigenvalue weighted by molar-refractivity contribution is -0.121. The largest absolute Gasteiger partial charge is 0.333 e. The summed E-state index contributed by atoms with van der Waals surface area (Å²) in [6.45, 7) is 14.5. The van der Waals surface area contributed by atoms with Crippen molar-refractivity contribution in [1.82, 2.24) is 20.3 Å². The molecule has 0 radical (unpaired) electrons. The van der Waals surface area contributed by atoms with Crippen LogP contribution in [-0.4, -0.2) is 26.7 Å². The first-order valence-electron chi connectivity index (χ1n) is 10.6. The van der Waals surface area contributed by atoms with Gasteiger partial charge in [-0.3, -0.25) is 9.59 Å². The highest BCUT2D eigenvalue weighted by Crippen LogP contribution is 2.03. The third-order valence-corrected chi connectivity index (χ3v) is 3.78. The van der Waals surface area contributed by atoms with Crippen LogP contribution in [0.4, 0.5) is 0 Å². The van der Waals surface area contributed by atoms with Crippen LogP contribution in [0.1, 0.15) is 77.4 Å². The maximum absolute atomic E-state index is 11.8. The third kappa shape index (κ3) is 11.8. The van der Waals surface area contributed by atoms with Crippen LogP contribution in [0, 0.1) is 11.8 Å². The molecule has 0 saturated carbocycles. The van der Waals surface area contributed by atoms with E-state index >= 15 is 0 Å². The summed E-state index contributed by atoms with van der Waals surface area (Å²) in [6.07, 6.45) is 4.49. The van der Waals surface area contributed by atoms with E-state index in [9.17, 15) is 9.59 Å². The molecule has 0 aliphatic rings. The van der Waals surface area contributed by atoms with Crippen molar-refractivity contribution >= 4 is 11.7 Å². The predicted octanol–water partition coefficient (Wildman–Crippen LogP) is 4.90. The molecule has 1 aromatic carbocycles. The second kappa shape index (κ2) is 15.4. The summed E-state index contributed by atoms with van der Waals surface area (Å²) in [6, 6.07) is 9.12. The van der Waals surface area contributed by atoms with Gasteiger partial charge in [0.05, 0.1) is 11.9 Å². The van der Waals surface area contributed by atoms with Gasteiger partial charge in [0, 0.05) is 17.9 Å². The van der Waals surface area contributed by atoms with Crippen molar-refractivity contribution in [3.8, 4) is 0 Å². The number of benzene rings is 1. The van der Waals surface area contributed by atoms with Crippen molar-refractivity contribution in [3.05, 3.63) is 47.8 Å². The van der Waals surface area contributed by atoms with E-state index < -0.39 is 0 Å². The molecule has 0 spiro atoms. The van der Waals surface area contributed by atoms with E-state index in [0.717, 1.165) is 25.0 Å². The van der Waals surface area contributed by atoms with Gasteiger partial charge in [0.25, 0.3) is 5.91 Å². The summed E-state index contributed by atoms with van der Waals surface area (Å²) in [7, 11) is 0. The minimum absolute atomic E-state index is 0.110. The molecule has 0 bridgehead atoms. The molecule has 0 aliphatic carbocycles. The molecular weight excluding hydrogens is 364 g/mol. The average Bonchev–Trinajstić information content (AvgIpc) is 3.15. The molecule has 0 atom stereocenters. The molecule has 2 aromatic rings. The topological polar surface area (TPSA) is 76.9 Å². The Kier molecular flexibility index (Phi) is 14.1. The van der Waals surface area contributed by atoms with Gasteiger partial charge in [0.15, 0.2) is 0 Å². The van der Waals surface area contributed by atoms with E-state index in [-0.39, 0.29) is 11.8 Å². The van der Waals surface area contributed by atoms with Crippen LogP contribution >= 0.6 is 0 Å². The van der Waals surface area contributed by atoms with Gasteiger partial charge >= 0.3 is 0 Å². The molecule has 162 valence electrons. The fourth-order valence-electron chi connectivity index (χ4n) is 2.31. The molecule has 29 heavy (non-hydrogen) atoms. The Morgan fingerprint density at radius 2 is 1.69 bits per heavy atom. The first kappa shape index (κ1) is 26.5. The summed E-state index contributed by atoms with van der Waals surface area (Å²) in [5, 5.41) is 10.9. The summed E-state index contributed by atoms with van der Waals surface area (Å²) >= 11 is 0. The Labute approximate surface area is 176 Å². The zero-order valence-corrected chi connectivity index (χ0v) is 19.1. The fraction of sp³-hybridized carbons (Fsp3) is 0.565. The summed E-state index contributed by atoms with van der Waals surface area (Å²) in [5.74, 6) is 1.05. The highest BCUT2D eigenvalue weighted by molar-refractivity contribution is 5.93. The number of nitrogens with one attached hydrogen (secondary N) is 1. The second-order valence-corrected chi connectivity index (χ2v) is 7.25. The van der Waals surface area contributed by atoms with Gasteiger partial charge in [0.1, 0.15) is 12.5 Å². The first-order valence-corrected chi connectivity index (χ1v) is 10.6. The number of ketones is 1. The average molecular weight is 403 g/mol. The van der Waals surface area contributed by atoms with Crippen LogP contribution in [0.5, 0.6) is 0 Å². The van der Waals surface area contributed by atoms with E-state index in [1.165, 1.54) is 0 Å². The number of hydrogen-bond donors (Lipinski definition) is 1. The van der Waals surface area contributed by atoms with Crippen molar-refractivity contribution < 1.29 is 9.59 Å². The number of nitrogens with zero attached hydrogens (tertiary/aromatic N) is 3. The number of rotatable bonds is 8. The van der Waals surface area contributed by atoms with Gasteiger partial charge in [-0.05, 0) is 30.9 Å². The molecular formula is C23H38N4O2. The molecule has 6 heteroatoms. The normalized spacial score (nSPS) is 9.97. The zero-order valence-electron chi connectivity index (χ0n) is 19.1. The highest BCUT2D eigenvalue weighted by Gasteiger charge is 2.06. The number of carbonyl (C=O) groups excluding carboxylic acids is 2. The molecule has 1 N–H and O–H groups in total. The minimum Gasteiger partial charge on any atom is -0.333 e. The smallest absolute Gasteiger partial charge is 0.252 e. The maximum Gasteiger partial charge on any atom is 0.252 e. The first-order chi connectivity index (χ1) is 13.8. The highest BCUT2D eigenvalue weighted by atomic mass is 16.1. The molecule has 0 aliphatic heterocycles. The Balaban J connectivity index is 0.000000664. The number of hydrogen-bond acceptors (Lipinski definition) is 4. The van der Waals surface area contributed by atoms with Gasteiger partial charge in [-0.25, -0.2) is 4.68 Å². The quantitative estimate of drug-likeness (QED) is 0.681. The molecule has 0 saturated heterocycles. The Hall–Kier alpha value is -2.50. The van der Waals surface area contributed by atoms with Crippen molar-refractivity contribution in [3.63, 3.8) is 0 Å². The van der Waals surface area contributed by atoms with Crippen LogP contribution in [0.25, 0.3) is 0 Å². The second-order valence-electron chi connectivity index (χ2n) is 7.25. The van der Waals surface area contributed by atoms with E-state index in [0.29, 0.717) is 23.9 Å². The number of carbonyl (C=O) groups is 2. The van der Waals surface area contributed by atoms with E-state index in [1.807, 2.05) is 59.0 Å². The molecule has 1 amide bonds. The van der Waals surface area contributed by atoms with Crippen molar-refractivity contribution in [2.24, 2.45) is 11.8 Å². The molecule has 1 aromatic heterocycles. The van der Waals surface area contributed by atoms with E-state index in [4.69, 9.17) is 0 Å². The predicted molar refractivity (Wildman–Crippen MR) is 119 cm³/mol. The van der Waals surface area contributed by atoms with Gasteiger partial charge in [-0.2, -0.15) is 0 Å². The molecule has 2 rings (SSSR count). The van der Waals surface area contributed by atoms with Gasteiger partial charge in [-0.15, -0.1) is 5.10 Å². The standard InChI is InChI=1S/C14H18N4O.C7H14O.C2H6/c1-11(2)8-13-9-18(17-16-13)10-15-14(19)12-6-4-3-5-7-12;1-4-5-7(8)6(2)3;1-2/h3-7,9,11H,8,10H2,1-2H3,(H,15,19);6H,4-5H2,1-3H3;1-2H3. The minimum atomic E-state index is -0.110. The van der Waals surface area contributed by atoms with Crippen LogP contribution in [0.3, 0.4) is 0 Å². The Bertz CT molecular complexity index is 694. The zero-order chi connectivity index (χ0) is 22.2. The lowest BCUT2D eigenvalue weighted by atomic mass is 10.1. The molecule has 0 unspecified atom stereocenters. The monoisotopic (exact) mass is 402 g/mol. The molecule has 1 heterocycles. The molecule has 6 nitrogen and oxygen atoms in total. The van der Waals surface area contributed by atoms with Gasteiger partial charge in [0.2, 0.25) is 0 Å². The maximum atomic E-state index is 11.8. The lowest BCUT2D eigenvalue weighted by Crippen LogP contribution is -2.26. The summed E-state index contributed by atoms with van der Waals surface area (Å²) in [4.78, 5) is 22.6. The molecule has 0 fully saturated rings. The Morgan fingerprint density at radius 3 is 2.17 bits per heavy atom. The van der Waals surface area contributed by atoms with E-state index in [1.54, 1.807) is 16.8 Å². The Morgan fingerprint density at radius 1 is 1.07 bits per heavy atom. The van der Waals surface area contributed by atoms with Crippen LogP contribution in [-0.2, 0) is 17.9 Å². The number of amides is 1.